The molecule has 0 bridgehead atoms. The van der Waals surface area contributed by atoms with Crippen molar-refractivity contribution in [1.29, 1.82) is 0 Å². The summed E-state index contributed by atoms with van der Waals surface area (Å²) in [4.78, 5) is 54.1. The number of piperidine rings is 1. The summed E-state index contributed by atoms with van der Waals surface area (Å²) in [5.41, 5.74) is 5.43. The van der Waals surface area contributed by atoms with Gasteiger partial charge in [0.1, 0.15) is 28.4 Å². The van der Waals surface area contributed by atoms with E-state index < -0.39 is 25.8 Å². The number of hydrogen-bond donors (Lipinski definition) is 3. The number of fused-ring (bicyclic) bond motifs is 2. The fraction of sp³-hybridized carbons (Fsp3) is 0.357. The first-order valence-electron chi connectivity index (χ1n) is 19.5. The molecule has 58 heavy (non-hydrogen) atoms. The Morgan fingerprint density at radius 1 is 0.931 bits per heavy atom. The van der Waals surface area contributed by atoms with Crippen LogP contribution in [0.2, 0.25) is 5.04 Å². The third kappa shape index (κ3) is 7.56. The summed E-state index contributed by atoms with van der Waals surface area (Å²) in [6.07, 6.45) is 3.62. The Kier molecular flexibility index (Phi) is 10.8. The molecule has 4 aromatic heterocycles. The predicted octanol–water partition coefficient (Wildman–Crippen LogP) is 5.37. The van der Waals surface area contributed by atoms with Gasteiger partial charge in [0.25, 0.3) is 13.9 Å². The Morgan fingerprint density at radius 3 is 2.29 bits per heavy atom. The Labute approximate surface area is 345 Å². The largest absolute Gasteiger partial charge is 0.403 e. The van der Waals surface area contributed by atoms with Crippen LogP contribution in [0.4, 0.5) is 16.6 Å². The normalized spacial score (nSPS) is 19.6. The lowest BCUT2D eigenvalue weighted by molar-refractivity contribution is -0.124. The average molecular weight is 834 g/mol. The Bertz CT molecular complexity index is 2480. The second-order valence-electron chi connectivity index (χ2n) is 16.3. The number of carbonyl (C=O) groups is 2. The predicted molar refractivity (Wildman–Crippen MR) is 233 cm³/mol. The maximum absolute atomic E-state index is 14.4. The van der Waals surface area contributed by atoms with E-state index in [0.717, 1.165) is 30.3 Å². The van der Waals surface area contributed by atoms with E-state index >= 15 is 0 Å². The Hall–Kier alpha value is -5.29. The number of nitrogen functional groups attached to an aromatic ring is 1. The fourth-order valence-corrected chi connectivity index (χ4v) is 14.9. The summed E-state index contributed by atoms with van der Waals surface area (Å²) in [6.45, 7) is 11.7. The summed E-state index contributed by atoms with van der Waals surface area (Å²) in [6, 6.07) is 23.9. The molecule has 2 aliphatic heterocycles. The van der Waals surface area contributed by atoms with Crippen LogP contribution in [-0.2, 0) is 20.6 Å². The molecule has 300 valence electrons. The number of aryl methyl sites for hydroxylation is 1. The molecule has 4 N–H and O–H groups in total. The van der Waals surface area contributed by atoms with Crippen molar-refractivity contribution in [2.45, 2.75) is 77.1 Å². The molecular formula is C42H47N9O4S2Si. The van der Waals surface area contributed by atoms with Gasteiger partial charge in [-0.25, -0.2) is 9.97 Å². The summed E-state index contributed by atoms with van der Waals surface area (Å²) >= 11 is 3.00. The first-order valence-corrected chi connectivity index (χ1v) is 23.0. The van der Waals surface area contributed by atoms with Crippen LogP contribution in [0, 0.1) is 12.8 Å². The highest BCUT2D eigenvalue weighted by Gasteiger charge is 2.52. The highest BCUT2D eigenvalue weighted by atomic mass is 32.1. The van der Waals surface area contributed by atoms with Crippen LogP contribution < -0.4 is 37.2 Å². The quantitative estimate of drug-likeness (QED) is 0.153. The van der Waals surface area contributed by atoms with Gasteiger partial charge in [-0.2, -0.15) is 0 Å². The van der Waals surface area contributed by atoms with Crippen LogP contribution in [0.5, 0.6) is 0 Å². The molecule has 2 amide bonds. The molecule has 0 saturated carbocycles. The molecule has 8 rings (SSSR count). The number of thiophene rings is 1. The van der Waals surface area contributed by atoms with Crippen LogP contribution in [0.15, 0.2) is 90.0 Å². The number of hydrogen-bond acceptors (Lipinski definition) is 12. The molecule has 16 heteroatoms. The molecule has 2 aromatic carbocycles. The van der Waals surface area contributed by atoms with Crippen LogP contribution >= 0.6 is 22.7 Å². The van der Waals surface area contributed by atoms with Crippen molar-refractivity contribution >= 4 is 79.9 Å². The van der Waals surface area contributed by atoms with E-state index in [1.807, 2.05) is 38.1 Å². The van der Waals surface area contributed by atoms with Crippen LogP contribution in [0.1, 0.15) is 68.2 Å². The zero-order chi connectivity index (χ0) is 40.8. The zero-order valence-corrected chi connectivity index (χ0v) is 35.8. The summed E-state index contributed by atoms with van der Waals surface area (Å²) < 4.78 is 9.99. The molecule has 1 saturated heterocycles. The van der Waals surface area contributed by atoms with Gasteiger partial charge in [0.05, 0.1) is 24.8 Å². The number of pyridine rings is 1. The number of amides is 2. The van der Waals surface area contributed by atoms with Crippen molar-refractivity contribution in [2.24, 2.45) is 5.92 Å². The summed E-state index contributed by atoms with van der Waals surface area (Å²) in [5.74, 6) is -0.356. The fourth-order valence-electron chi connectivity index (χ4n) is 8.46. The molecule has 6 aromatic rings. The molecule has 0 radical (unpaired) electrons. The number of nitrogens with one attached hydrogen (secondary N) is 2. The van der Waals surface area contributed by atoms with E-state index in [4.69, 9.17) is 10.2 Å². The number of anilines is 3. The lowest BCUT2D eigenvalue weighted by Crippen LogP contribution is -2.69. The number of carbonyl (C=O) groups excluding carboxylic acids is 2. The van der Waals surface area contributed by atoms with Gasteiger partial charge in [0.2, 0.25) is 16.9 Å². The third-order valence-electron chi connectivity index (χ3n) is 11.2. The molecule has 13 nitrogen and oxygen atoms in total. The third-order valence-corrected chi connectivity index (χ3v) is 18.2. The van der Waals surface area contributed by atoms with Gasteiger partial charge in [-0.05, 0) is 47.3 Å². The molecule has 4 atom stereocenters. The van der Waals surface area contributed by atoms with E-state index in [1.54, 1.807) is 6.20 Å². The smallest absolute Gasteiger partial charge is 0.278 e. The lowest BCUT2D eigenvalue weighted by atomic mass is 9.95. The second-order valence-corrected chi connectivity index (χ2v) is 22.9. The number of benzene rings is 2. The Balaban J connectivity index is 1.06. The zero-order valence-electron chi connectivity index (χ0n) is 33.1. The summed E-state index contributed by atoms with van der Waals surface area (Å²) in [7, 11) is -2.99. The molecule has 6 heterocycles. The molecule has 0 spiro atoms. The standard InChI is InChI=1S/C42H47N9O4S2Si/c1-25-16-34(39(53)46-21-30-18-27-20-44-36(43)19-35(27)57-30)51-37(25)45-22-33(40(51)54)47-38(52)28-17-29(24-50(23-28)41-49-48-26(2)56-41)55-58(42(3,4)5,31-12-8-6-9-13-31)32-14-10-7-11-15-32/h6-15,18-20,22,25,28-29,34H,16-17,21,23-24H2,1-5H3,(H2,43,44)(H,46,53)(H,47,52)/t25-,28-,29+,34+/m1/s1. The van der Waals surface area contributed by atoms with E-state index in [-0.39, 0.29) is 34.6 Å². The number of nitrogens with zero attached hydrogens (tertiary/aromatic N) is 6. The minimum Gasteiger partial charge on any atom is -0.403 e. The number of rotatable bonds is 10. The minimum absolute atomic E-state index is 0.0311. The van der Waals surface area contributed by atoms with Gasteiger partial charge in [-0.15, -0.1) is 21.5 Å². The van der Waals surface area contributed by atoms with E-state index in [0.29, 0.717) is 49.2 Å². The Morgan fingerprint density at radius 2 is 1.64 bits per heavy atom. The number of aromatic nitrogens is 5. The SMILES string of the molecule is Cc1nnc(N2C[C@@H](O[Si](c3ccccc3)(c3ccccc3)C(C)(C)C)C[C@@H](C(=O)Nc3cnc4n(c3=O)[C@H](C(=O)NCc3cc5cnc(N)cc5s3)C[C@H]4C)C2)s1. The van der Waals surface area contributed by atoms with Crippen molar-refractivity contribution in [2.75, 3.05) is 29.0 Å². The highest BCUT2D eigenvalue weighted by molar-refractivity contribution is 7.19. The van der Waals surface area contributed by atoms with Gasteiger partial charge in [-0.3, -0.25) is 19.0 Å². The molecule has 0 unspecified atom stereocenters. The van der Waals surface area contributed by atoms with E-state index in [1.165, 1.54) is 33.4 Å². The van der Waals surface area contributed by atoms with Gasteiger partial charge in [0.15, 0.2) is 0 Å². The van der Waals surface area contributed by atoms with Crippen LogP contribution in [-0.4, -0.2) is 64.1 Å². The lowest BCUT2D eigenvalue weighted by Gasteiger charge is -2.47. The maximum Gasteiger partial charge on any atom is 0.278 e. The first kappa shape index (κ1) is 39.5. The van der Waals surface area contributed by atoms with Crippen LogP contribution in [0.25, 0.3) is 10.1 Å². The molecule has 2 aliphatic rings. The van der Waals surface area contributed by atoms with E-state index in [9.17, 15) is 14.4 Å². The van der Waals surface area contributed by atoms with Gasteiger partial charge in [-0.1, -0.05) is 99.7 Å². The van der Waals surface area contributed by atoms with Crippen molar-refractivity contribution in [3.05, 3.63) is 111 Å². The minimum atomic E-state index is -2.99. The van der Waals surface area contributed by atoms with E-state index in [2.05, 4.69) is 105 Å². The van der Waals surface area contributed by atoms with Crippen molar-refractivity contribution in [1.82, 2.24) is 30.0 Å². The topological polar surface area (TPSA) is 170 Å². The van der Waals surface area contributed by atoms with Crippen molar-refractivity contribution < 1.29 is 14.0 Å². The summed E-state index contributed by atoms with van der Waals surface area (Å²) in [5, 5.41) is 19.2. The van der Waals surface area contributed by atoms with Gasteiger partial charge >= 0.3 is 0 Å². The monoisotopic (exact) mass is 833 g/mol. The maximum atomic E-state index is 14.4. The molecular weight excluding hydrogens is 787 g/mol. The highest BCUT2D eigenvalue weighted by Crippen LogP contribution is 2.40. The molecule has 0 aliphatic carbocycles. The molecule has 1 fully saturated rings. The number of nitrogens with two attached hydrogens (primary N) is 1. The van der Waals surface area contributed by atoms with Crippen LogP contribution in [0.3, 0.4) is 0 Å². The average Bonchev–Trinajstić information content (AvgIpc) is 3.93. The van der Waals surface area contributed by atoms with Gasteiger partial charge in [0, 0.05) is 40.2 Å². The second kappa shape index (κ2) is 15.8. The van der Waals surface area contributed by atoms with Gasteiger partial charge < -0.3 is 25.7 Å². The first-order chi connectivity index (χ1) is 27.8. The van der Waals surface area contributed by atoms with Crippen molar-refractivity contribution in [3.63, 3.8) is 0 Å². The van der Waals surface area contributed by atoms with Crippen molar-refractivity contribution in [3.8, 4) is 0 Å².